The number of Topliss-reactive ketones (excluding diaryl/α,β-unsaturated/α-hetero) is 1. The van der Waals surface area contributed by atoms with Gasteiger partial charge in [0.1, 0.15) is 6.04 Å². The predicted octanol–water partition coefficient (Wildman–Crippen LogP) is -0.182. The lowest BCUT2D eigenvalue weighted by Crippen LogP contribution is -2.59. The summed E-state index contributed by atoms with van der Waals surface area (Å²) in [4.78, 5) is 37.4. The fraction of sp³-hybridized carbons (Fsp3) is 0.842. The number of hydrogen-bond acceptors (Lipinski definition) is 6. The van der Waals surface area contributed by atoms with Gasteiger partial charge in [-0.3, -0.25) is 14.4 Å². The second-order valence-corrected chi connectivity index (χ2v) is 7.85. The minimum absolute atomic E-state index is 0.0870. The molecule has 0 aliphatic heterocycles. The van der Waals surface area contributed by atoms with Crippen molar-refractivity contribution in [1.82, 2.24) is 10.6 Å². The molecule has 0 saturated heterocycles. The average molecular weight is 385 g/mol. The Morgan fingerprint density at radius 3 is 2.11 bits per heavy atom. The van der Waals surface area contributed by atoms with Gasteiger partial charge in [0.15, 0.2) is 5.78 Å². The Morgan fingerprint density at radius 2 is 1.63 bits per heavy atom. The smallest absolute Gasteiger partial charge is 0.245 e. The molecule has 0 aromatic rings. The summed E-state index contributed by atoms with van der Waals surface area (Å²) in [5, 5.41) is 15.2. The lowest BCUT2D eigenvalue weighted by atomic mass is 9.84. The Morgan fingerprint density at radius 1 is 1.04 bits per heavy atom. The zero-order valence-corrected chi connectivity index (χ0v) is 16.7. The van der Waals surface area contributed by atoms with E-state index in [0.717, 1.165) is 32.1 Å². The van der Waals surface area contributed by atoms with Crippen LogP contribution in [0.5, 0.6) is 0 Å². The first-order valence-electron chi connectivity index (χ1n) is 9.97. The molecule has 1 fully saturated rings. The van der Waals surface area contributed by atoms with Crippen LogP contribution in [0.1, 0.15) is 59.3 Å². The normalized spacial score (nSPS) is 19.8. The van der Waals surface area contributed by atoms with Crippen LogP contribution in [0.4, 0.5) is 0 Å². The van der Waals surface area contributed by atoms with Crippen molar-refractivity contribution in [2.45, 2.75) is 83.5 Å². The van der Waals surface area contributed by atoms with Gasteiger partial charge in [-0.1, -0.05) is 33.1 Å². The molecule has 0 radical (unpaired) electrons. The van der Waals surface area contributed by atoms with E-state index in [9.17, 15) is 19.5 Å². The highest BCUT2D eigenvalue weighted by Gasteiger charge is 2.33. The number of carbonyl (C=O) groups excluding carboxylic acids is 3. The van der Waals surface area contributed by atoms with E-state index in [2.05, 4.69) is 10.6 Å². The minimum Gasteiger partial charge on any atom is -0.391 e. The molecule has 0 aromatic carbocycles. The highest BCUT2D eigenvalue weighted by Crippen LogP contribution is 2.25. The SMILES string of the molecule is CC(C)C(=O)[C@H](CCN)NC(=O)[C@@H](NC(=O)[C@H](N)C1CCCCC1)C(C)O. The number of aliphatic hydroxyl groups is 1. The number of rotatable bonds is 10. The van der Waals surface area contributed by atoms with Crippen LogP contribution in [0.25, 0.3) is 0 Å². The van der Waals surface area contributed by atoms with Gasteiger partial charge >= 0.3 is 0 Å². The van der Waals surface area contributed by atoms with Crippen molar-refractivity contribution >= 4 is 17.6 Å². The van der Waals surface area contributed by atoms with Gasteiger partial charge in [-0.05, 0) is 38.6 Å². The summed E-state index contributed by atoms with van der Waals surface area (Å²) < 4.78 is 0. The Bertz CT molecular complexity index is 504. The first kappa shape index (κ1) is 23.5. The zero-order chi connectivity index (χ0) is 20.6. The Labute approximate surface area is 161 Å². The van der Waals surface area contributed by atoms with Crippen molar-refractivity contribution in [2.75, 3.05) is 6.54 Å². The Hall–Kier alpha value is -1.51. The predicted molar refractivity (Wildman–Crippen MR) is 104 cm³/mol. The Kier molecular flexibility index (Phi) is 9.90. The number of hydrogen-bond donors (Lipinski definition) is 5. The molecule has 1 saturated carbocycles. The first-order valence-corrected chi connectivity index (χ1v) is 9.97. The third kappa shape index (κ3) is 7.20. The standard InChI is InChI=1S/C19H36N4O4/c1-11(2)17(25)14(9-10-20)22-19(27)16(12(3)24)23-18(26)15(21)13-7-5-4-6-8-13/h11-16,24H,4-10,20-21H2,1-3H3,(H,22,27)(H,23,26)/t12?,14-,15+,16-/m0/s1. The van der Waals surface area contributed by atoms with Crippen molar-refractivity contribution in [1.29, 1.82) is 0 Å². The van der Waals surface area contributed by atoms with Crippen molar-refractivity contribution in [2.24, 2.45) is 23.3 Å². The number of carbonyl (C=O) groups is 3. The van der Waals surface area contributed by atoms with Crippen molar-refractivity contribution < 1.29 is 19.5 Å². The van der Waals surface area contributed by atoms with E-state index in [1.165, 1.54) is 6.92 Å². The monoisotopic (exact) mass is 384 g/mol. The summed E-state index contributed by atoms with van der Waals surface area (Å²) in [6.07, 6.45) is 4.19. The summed E-state index contributed by atoms with van der Waals surface area (Å²) in [6, 6.07) is -2.63. The van der Waals surface area contributed by atoms with Gasteiger partial charge in [0.05, 0.1) is 18.2 Å². The van der Waals surface area contributed by atoms with Gasteiger partial charge in [0, 0.05) is 5.92 Å². The summed E-state index contributed by atoms with van der Waals surface area (Å²) in [5.74, 6) is -1.37. The van der Waals surface area contributed by atoms with E-state index in [1.807, 2.05) is 0 Å². The molecule has 1 aliphatic rings. The molecule has 0 bridgehead atoms. The van der Waals surface area contributed by atoms with Crippen LogP contribution in [-0.2, 0) is 14.4 Å². The van der Waals surface area contributed by atoms with E-state index >= 15 is 0 Å². The molecular weight excluding hydrogens is 348 g/mol. The minimum atomic E-state index is -1.17. The number of amides is 2. The molecule has 1 rings (SSSR count). The number of nitrogens with one attached hydrogen (secondary N) is 2. The topological polar surface area (TPSA) is 148 Å². The van der Waals surface area contributed by atoms with E-state index < -0.39 is 36.0 Å². The molecule has 156 valence electrons. The summed E-state index contributed by atoms with van der Waals surface area (Å²) >= 11 is 0. The maximum absolute atomic E-state index is 12.6. The lowest BCUT2D eigenvalue weighted by molar-refractivity contribution is -0.135. The van der Waals surface area contributed by atoms with Crippen molar-refractivity contribution in [3.05, 3.63) is 0 Å². The largest absolute Gasteiger partial charge is 0.391 e. The Balaban J connectivity index is 2.76. The molecule has 27 heavy (non-hydrogen) atoms. The van der Waals surface area contributed by atoms with E-state index in [0.29, 0.717) is 6.42 Å². The molecule has 0 aromatic heterocycles. The van der Waals surface area contributed by atoms with Crippen molar-refractivity contribution in [3.63, 3.8) is 0 Å². The van der Waals surface area contributed by atoms with Crippen LogP contribution in [0.15, 0.2) is 0 Å². The molecule has 8 nitrogen and oxygen atoms in total. The van der Waals surface area contributed by atoms with Crippen LogP contribution in [-0.4, -0.2) is 53.5 Å². The van der Waals surface area contributed by atoms with Crippen LogP contribution >= 0.6 is 0 Å². The molecule has 1 aliphatic carbocycles. The zero-order valence-electron chi connectivity index (χ0n) is 16.7. The van der Waals surface area contributed by atoms with Crippen molar-refractivity contribution in [3.8, 4) is 0 Å². The lowest BCUT2D eigenvalue weighted by Gasteiger charge is -2.29. The third-order valence-electron chi connectivity index (χ3n) is 5.21. The number of aliphatic hydroxyl groups excluding tert-OH is 1. The van der Waals surface area contributed by atoms with Crippen LogP contribution in [0, 0.1) is 11.8 Å². The number of nitrogens with two attached hydrogens (primary N) is 2. The molecule has 4 atom stereocenters. The summed E-state index contributed by atoms with van der Waals surface area (Å²) in [7, 11) is 0. The van der Waals surface area contributed by atoms with E-state index in [1.54, 1.807) is 13.8 Å². The summed E-state index contributed by atoms with van der Waals surface area (Å²) in [6.45, 7) is 5.14. The second kappa shape index (κ2) is 11.4. The highest BCUT2D eigenvalue weighted by atomic mass is 16.3. The molecular formula is C19H36N4O4. The van der Waals surface area contributed by atoms with Crippen LogP contribution in [0.2, 0.25) is 0 Å². The van der Waals surface area contributed by atoms with E-state index in [-0.39, 0.29) is 24.2 Å². The van der Waals surface area contributed by atoms with Gasteiger partial charge in [0.2, 0.25) is 11.8 Å². The highest BCUT2D eigenvalue weighted by molar-refractivity contribution is 5.94. The van der Waals surface area contributed by atoms with E-state index in [4.69, 9.17) is 11.5 Å². The molecule has 0 heterocycles. The maximum atomic E-state index is 12.6. The fourth-order valence-corrected chi connectivity index (χ4v) is 3.48. The summed E-state index contributed by atoms with van der Waals surface area (Å²) in [5.41, 5.74) is 11.6. The van der Waals surface area contributed by atoms with Gasteiger partial charge in [-0.2, -0.15) is 0 Å². The number of ketones is 1. The average Bonchev–Trinajstić information content (AvgIpc) is 2.64. The molecule has 1 unspecified atom stereocenters. The third-order valence-corrected chi connectivity index (χ3v) is 5.21. The molecule has 2 amide bonds. The molecule has 7 N–H and O–H groups in total. The van der Waals surface area contributed by atoms with Gasteiger partial charge in [-0.15, -0.1) is 0 Å². The van der Waals surface area contributed by atoms with Gasteiger partial charge in [-0.25, -0.2) is 0 Å². The van der Waals surface area contributed by atoms with Crippen LogP contribution in [0.3, 0.4) is 0 Å². The first-order chi connectivity index (χ1) is 12.7. The van der Waals surface area contributed by atoms with Gasteiger partial charge in [0.25, 0.3) is 0 Å². The fourth-order valence-electron chi connectivity index (χ4n) is 3.48. The van der Waals surface area contributed by atoms with Crippen LogP contribution < -0.4 is 22.1 Å². The van der Waals surface area contributed by atoms with Gasteiger partial charge < -0.3 is 27.2 Å². The quantitative estimate of drug-likeness (QED) is 0.353. The second-order valence-electron chi connectivity index (χ2n) is 7.85. The molecule has 0 spiro atoms. The maximum Gasteiger partial charge on any atom is 0.245 e. The molecule has 8 heteroatoms.